The van der Waals surface area contributed by atoms with Gasteiger partial charge in [0.25, 0.3) is 0 Å². The van der Waals surface area contributed by atoms with Gasteiger partial charge in [0, 0.05) is 19.3 Å². The molecule has 0 fully saturated rings. The van der Waals surface area contributed by atoms with Crippen LogP contribution in [0.5, 0.6) is 0 Å². The second-order valence-electron chi connectivity index (χ2n) is 17.0. The molecular formula is C58H96O6. The third-order valence-corrected chi connectivity index (χ3v) is 10.8. The number of ether oxygens (including phenoxy) is 3. The highest BCUT2D eigenvalue weighted by Crippen LogP contribution is 2.13. The van der Waals surface area contributed by atoms with Gasteiger partial charge < -0.3 is 14.2 Å². The van der Waals surface area contributed by atoms with E-state index in [-0.39, 0.29) is 38.0 Å². The highest BCUT2D eigenvalue weighted by molar-refractivity contribution is 5.71. The summed E-state index contributed by atoms with van der Waals surface area (Å²) in [5.74, 6) is -1.09. The first-order valence-corrected chi connectivity index (χ1v) is 26.2. The molecule has 364 valence electrons. The van der Waals surface area contributed by atoms with Gasteiger partial charge >= 0.3 is 17.9 Å². The number of rotatable bonds is 46. The van der Waals surface area contributed by atoms with E-state index in [2.05, 4.69) is 99.8 Å². The number of esters is 3. The van der Waals surface area contributed by atoms with Gasteiger partial charge in [0.05, 0.1) is 0 Å². The predicted octanol–water partition coefficient (Wildman–Crippen LogP) is 17.4. The van der Waals surface area contributed by atoms with Crippen LogP contribution < -0.4 is 0 Å². The van der Waals surface area contributed by atoms with Gasteiger partial charge in [-0.05, 0) is 96.3 Å². The van der Waals surface area contributed by atoms with Crippen molar-refractivity contribution in [3.63, 3.8) is 0 Å². The SMILES string of the molecule is CC/C=C/C/C=C/C/C=C/C/C=C/C/C=C/CCC(=O)OC(COC(=O)CC/C=C/C/C=C/CCCCCCCC)COC(=O)CCCCCCCCC/C=C/CCCCCCCC. The maximum Gasteiger partial charge on any atom is 0.306 e. The van der Waals surface area contributed by atoms with Crippen molar-refractivity contribution in [3.05, 3.63) is 97.2 Å². The Morgan fingerprint density at radius 3 is 1.06 bits per heavy atom. The third kappa shape index (κ3) is 49.3. The topological polar surface area (TPSA) is 78.9 Å². The molecule has 0 aromatic heterocycles. The fourth-order valence-corrected chi connectivity index (χ4v) is 6.89. The first-order valence-electron chi connectivity index (χ1n) is 26.2. The Balaban J connectivity index is 4.55. The van der Waals surface area contributed by atoms with Crippen molar-refractivity contribution >= 4 is 17.9 Å². The Hall–Kier alpha value is -3.67. The molecule has 0 N–H and O–H groups in total. The van der Waals surface area contributed by atoms with E-state index in [0.29, 0.717) is 19.3 Å². The first-order chi connectivity index (χ1) is 31.5. The van der Waals surface area contributed by atoms with E-state index in [9.17, 15) is 14.4 Å². The molecule has 0 saturated heterocycles. The number of hydrogen-bond donors (Lipinski definition) is 0. The molecule has 0 rings (SSSR count). The van der Waals surface area contributed by atoms with Gasteiger partial charge in [-0.2, -0.15) is 0 Å². The van der Waals surface area contributed by atoms with Gasteiger partial charge in [-0.1, -0.05) is 214 Å². The highest BCUT2D eigenvalue weighted by Gasteiger charge is 2.19. The number of carbonyl (C=O) groups is 3. The van der Waals surface area contributed by atoms with E-state index >= 15 is 0 Å². The van der Waals surface area contributed by atoms with Crippen molar-refractivity contribution in [1.82, 2.24) is 0 Å². The summed E-state index contributed by atoms with van der Waals surface area (Å²) in [7, 11) is 0. The van der Waals surface area contributed by atoms with E-state index in [0.717, 1.165) is 64.2 Å². The standard InChI is InChI=1S/C58H96O6/c1-4-7-10-13-16-19-22-25-27-29-31-33-36-39-42-45-48-51-57(60)63-54-55(53-62-56(59)50-47-44-41-38-35-32-24-21-18-15-12-9-6-3)64-58(61)52-49-46-43-40-37-34-30-28-26-23-20-17-14-11-8-5-2/h8,11,17,20,25-28,32,34-35,37,41,43-44,46,55H,4-7,9-10,12-16,18-19,21-24,29-31,33,36,38-40,42,45,47-54H2,1-3H3/b11-8+,20-17+,27-25+,28-26+,35-32+,37-34+,44-41+,46-43+. The smallest absolute Gasteiger partial charge is 0.306 e. The predicted molar refractivity (Wildman–Crippen MR) is 274 cm³/mol. The molecule has 1 atom stereocenters. The first kappa shape index (κ1) is 60.3. The molecule has 0 spiro atoms. The fraction of sp³-hybridized carbons (Fsp3) is 0.672. The molecule has 0 amide bonds. The van der Waals surface area contributed by atoms with Crippen LogP contribution in [-0.2, 0) is 28.6 Å². The lowest BCUT2D eigenvalue weighted by molar-refractivity contribution is -0.166. The minimum absolute atomic E-state index is 0.127. The van der Waals surface area contributed by atoms with Crippen LogP contribution in [0.3, 0.4) is 0 Å². The Kier molecular flexibility index (Phi) is 49.0. The number of allylic oxidation sites excluding steroid dienone is 16. The highest BCUT2D eigenvalue weighted by atomic mass is 16.6. The molecule has 0 aliphatic carbocycles. The van der Waals surface area contributed by atoms with E-state index in [4.69, 9.17) is 14.2 Å². The zero-order valence-electron chi connectivity index (χ0n) is 41.5. The third-order valence-electron chi connectivity index (χ3n) is 10.8. The van der Waals surface area contributed by atoms with Crippen molar-refractivity contribution in [2.75, 3.05) is 13.2 Å². The lowest BCUT2D eigenvalue weighted by Gasteiger charge is -2.18. The van der Waals surface area contributed by atoms with Gasteiger partial charge in [-0.15, -0.1) is 0 Å². The van der Waals surface area contributed by atoms with Crippen LogP contribution in [0, 0.1) is 0 Å². The van der Waals surface area contributed by atoms with E-state index in [1.807, 2.05) is 18.2 Å². The van der Waals surface area contributed by atoms with Gasteiger partial charge in [-0.25, -0.2) is 0 Å². The largest absolute Gasteiger partial charge is 0.462 e. The van der Waals surface area contributed by atoms with E-state index in [1.54, 1.807) is 0 Å². The van der Waals surface area contributed by atoms with Crippen molar-refractivity contribution < 1.29 is 28.6 Å². The number of hydrogen-bond acceptors (Lipinski definition) is 6. The number of carbonyl (C=O) groups excluding carboxylic acids is 3. The van der Waals surface area contributed by atoms with E-state index < -0.39 is 12.1 Å². The van der Waals surface area contributed by atoms with Crippen LogP contribution in [0.4, 0.5) is 0 Å². The minimum Gasteiger partial charge on any atom is -0.462 e. The molecule has 0 bridgehead atoms. The Morgan fingerprint density at radius 1 is 0.328 bits per heavy atom. The molecule has 0 aliphatic heterocycles. The molecule has 6 heteroatoms. The minimum atomic E-state index is -0.841. The van der Waals surface area contributed by atoms with Gasteiger partial charge in [-0.3, -0.25) is 14.4 Å². The molecule has 6 nitrogen and oxygen atoms in total. The monoisotopic (exact) mass is 889 g/mol. The fourth-order valence-electron chi connectivity index (χ4n) is 6.89. The maximum atomic E-state index is 12.8. The number of unbranched alkanes of at least 4 members (excludes halogenated alkanes) is 19. The maximum absolute atomic E-state index is 12.8. The van der Waals surface area contributed by atoms with Crippen molar-refractivity contribution in [2.45, 2.75) is 239 Å². The summed E-state index contributed by atoms with van der Waals surface area (Å²) in [4.78, 5) is 37.9. The lowest BCUT2D eigenvalue weighted by Crippen LogP contribution is -2.30. The van der Waals surface area contributed by atoms with Crippen LogP contribution >= 0.6 is 0 Å². The quantitative estimate of drug-likeness (QED) is 0.0262. The summed E-state index contributed by atoms with van der Waals surface area (Å²) in [6.07, 6.45) is 68.5. The summed E-state index contributed by atoms with van der Waals surface area (Å²) in [5.41, 5.74) is 0. The normalized spacial score (nSPS) is 12.9. The zero-order valence-corrected chi connectivity index (χ0v) is 41.5. The van der Waals surface area contributed by atoms with Crippen molar-refractivity contribution in [2.24, 2.45) is 0 Å². The molecule has 0 radical (unpaired) electrons. The van der Waals surface area contributed by atoms with E-state index in [1.165, 1.54) is 116 Å². The molecule has 1 unspecified atom stereocenters. The van der Waals surface area contributed by atoms with Crippen LogP contribution in [0.1, 0.15) is 233 Å². The van der Waals surface area contributed by atoms with Crippen LogP contribution in [0.2, 0.25) is 0 Å². The Labute approximate surface area is 394 Å². The molecule has 0 aliphatic rings. The van der Waals surface area contributed by atoms with Gasteiger partial charge in [0.1, 0.15) is 13.2 Å². The molecule has 0 aromatic rings. The molecule has 0 saturated carbocycles. The average Bonchev–Trinajstić information content (AvgIpc) is 3.29. The Morgan fingerprint density at radius 2 is 0.641 bits per heavy atom. The van der Waals surface area contributed by atoms with Crippen molar-refractivity contribution in [3.8, 4) is 0 Å². The summed E-state index contributed by atoms with van der Waals surface area (Å²) in [6.45, 7) is 6.39. The molecule has 0 aromatic carbocycles. The summed E-state index contributed by atoms with van der Waals surface area (Å²) >= 11 is 0. The Bertz CT molecular complexity index is 1300. The van der Waals surface area contributed by atoms with Crippen LogP contribution in [-0.4, -0.2) is 37.2 Å². The van der Waals surface area contributed by atoms with Crippen LogP contribution in [0.25, 0.3) is 0 Å². The summed E-state index contributed by atoms with van der Waals surface area (Å²) in [6, 6.07) is 0. The zero-order chi connectivity index (χ0) is 46.5. The molecule has 64 heavy (non-hydrogen) atoms. The van der Waals surface area contributed by atoms with Crippen molar-refractivity contribution in [1.29, 1.82) is 0 Å². The summed E-state index contributed by atoms with van der Waals surface area (Å²) in [5, 5.41) is 0. The lowest BCUT2D eigenvalue weighted by atomic mass is 10.1. The van der Waals surface area contributed by atoms with Gasteiger partial charge in [0.2, 0.25) is 0 Å². The second-order valence-corrected chi connectivity index (χ2v) is 17.0. The van der Waals surface area contributed by atoms with Gasteiger partial charge in [0.15, 0.2) is 6.10 Å². The molecule has 0 heterocycles. The second kappa shape index (κ2) is 52.0. The average molecular weight is 889 g/mol. The van der Waals surface area contributed by atoms with Crippen LogP contribution in [0.15, 0.2) is 97.2 Å². The summed E-state index contributed by atoms with van der Waals surface area (Å²) < 4.78 is 16.7. The molecular weight excluding hydrogens is 793 g/mol.